The summed E-state index contributed by atoms with van der Waals surface area (Å²) in [6.07, 6.45) is -3.00. The Kier molecular flexibility index (Phi) is 9.68. The normalized spacial score (nSPS) is 11.8. The summed E-state index contributed by atoms with van der Waals surface area (Å²) in [5.41, 5.74) is 6.60. The van der Waals surface area contributed by atoms with E-state index in [0.29, 0.717) is 22.9 Å². The lowest BCUT2D eigenvalue weighted by Gasteiger charge is -2.13. The number of anilines is 2. The molecule has 0 fully saturated rings. The molecule has 206 valence electrons. The van der Waals surface area contributed by atoms with Gasteiger partial charge in [0.1, 0.15) is 11.5 Å². The summed E-state index contributed by atoms with van der Waals surface area (Å²) in [6, 6.07) is 11.6. The second-order valence-corrected chi connectivity index (χ2v) is 8.67. The van der Waals surface area contributed by atoms with Gasteiger partial charge in [0.2, 0.25) is 11.8 Å². The molecule has 6 N–H and O–H groups in total. The third-order valence-electron chi connectivity index (χ3n) is 5.37. The highest BCUT2D eigenvalue weighted by molar-refractivity contribution is 6.31. The topological polar surface area (TPSA) is 156 Å². The molecule has 0 aliphatic carbocycles. The molecule has 0 saturated heterocycles. The molecule has 0 aliphatic heterocycles. The van der Waals surface area contributed by atoms with Crippen molar-refractivity contribution < 1.29 is 37.5 Å². The van der Waals surface area contributed by atoms with Crippen molar-refractivity contribution in [1.82, 2.24) is 10.5 Å². The van der Waals surface area contributed by atoms with Gasteiger partial charge < -0.3 is 21.1 Å². The molecular formula is C25H23ClF3N5O5. The number of aromatic nitrogens is 1. The Morgan fingerprint density at radius 3 is 2.31 bits per heavy atom. The maximum Gasteiger partial charge on any atom is 0.417 e. The number of urea groups is 1. The number of alkyl halides is 3. The number of carbonyl (C=O) groups is 3. The lowest BCUT2D eigenvalue weighted by molar-refractivity contribution is -0.137. The molecule has 39 heavy (non-hydrogen) atoms. The highest BCUT2D eigenvalue weighted by Gasteiger charge is 2.33. The van der Waals surface area contributed by atoms with Gasteiger partial charge >= 0.3 is 12.2 Å². The number of hydrogen-bond acceptors (Lipinski definition) is 6. The fraction of sp³-hybridized carbons (Fsp3) is 0.200. The van der Waals surface area contributed by atoms with Crippen LogP contribution in [-0.4, -0.2) is 28.0 Å². The molecule has 3 aromatic rings. The van der Waals surface area contributed by atoms with E-state index in [4.69, 9.17) is 27.3 Å². The van der Waals surface area contributed by atoms with Crippen LogP contribution in [0.4, 0.5) is 29.3 Å². The Morgan fingerprint density at radius 1 is 1.00 bits per heavy atom. The number of benzene rings is 2. The fourth-order valence-corrected chi connectivity index (χ4v) is 3.67. The molecule has 14 heteroatoms. The van der Waals surface area contributed by atoms with Crippen molar-refractivity contribution in [3.63, 3.8) is 0 Å². The van der Waals surface area contributed by atoms with Crippen LogP contribution in [0.1, 0.15) is 24.1 Å². The summed E-state index contributed by atoms with van der Waals surface area (Å²) >= 11 is 5.59. The highest BCUT2D eigenvalue weighted by Crippen LogP contribution is 2.36. The van der Waals surface area contributed by atoms with E-state index < -0.39 is 40.5 Å². The Bertz CT molecular complexity index is 1340. The third-order valence-corrected chi connectivity index (χ3v) is 5.70. The van der Waals surface area contributed by atoms with E-state index in [-0.39, 0.29) is 24.9 Å². The maximum absolute atomic E-state index is 13.0. The van der Waals surface area contributed by atoms with Crippen molar-refractivity contribution in [2.45, 2.75) is 25.4 Å². The van der Waals surface area contributed by atoms with Crippen LogP contribution in [0.15, 0.2) is 60.8 Å². The molecule has 2 aromatic carbocycles. The van der Waals surface area contributed by atoms with Gasteiger partial charge in [-0.05, 0) is 55.0 Å². The summed E-state index contributed by atoms with van der Waals surface area (Å²) < 4.78 is 44.8. The number of pyridine rings is 1. The van der Waals surface area contributed by atoms with Crippen LogP contribution in [0.3, 0.4) is 0 Å². The van der Waals surface area contributed by atoms with Crippen molar-refractivity contribution >= 4 is 40.8 Å². The Labute approximate surface area is 225 Å². The summed E-state index contributed by atoms with van der Waals surface area (Å²) in [6.45, 7) is 0. The van der Waals surface area contributed by atoms with Crippen molar-refractivity contribution in [3.05, 3.63) is 77.1 Å². The quantitative estimate of drug-likeness (QED) is 0.170. The minimum Gasteiger partial charge on any atom is -0.457 e. The standard InChI is InChI=1S/C25H23ClF3N5O5/c26-21-7-4-16(13-20(21)25(27,28)29)33-24(37)32-15-2-5-18(6-3-15)39-19-9-10-31-17(12-19)11-14(23(30)36)1-8-22(35)34-38/h2-7,9-10,12-14,38H,1,8,11H2,(H2,30,36)(H,34,35)(H2,32,33,37). The van der Waals surface area contributed by atoms with E-state index in [1.807, 2.05) is 0 Å². The molecule has 1 atom stereocenters. The third kappa shape index (κ3) is 8.86. The van der Waals surface area contributed by atoms with E-state index in [2.05, 4.69) is 15.6 Å². The number of amides is 4. The molecule has 0 radical (unpaired) electrons. The zero-order valence-corrected chi connectivity index (χ0v) is 20.8. The van der Waals surface area contributed by atoms with Gasteiger partial charge in [-0.25, -0.2) is 10.3 Å². The van der Waals surface area contributed by atoms with Crippen molar-refractivity contribution in [2.24, 2.45) is 11.7 Å². The highest BCUT2D eigenvalue weighted by atomic mass is 35.5. The summed E-state index contributed by atoms with van der Waals surface area (Å²) in [5, 5.41) is 12.9. The van der Waals surface area contributed by atoms with Gasteiger partial charge in [-0.15, -0.1) is 0 Å². The van der Waals surface area contributed by atoms with E-state index in [9.17, 15) is 27.6 Å². The Hall–Kier alpha value is -4.36. The van der Waals surface area contributed by atoms with Crippen LogP contribution in [-0.2, 0) is 22.2 Å². The summed E-state index contributed by atoms with van der Waals surface area (Å²) in [5.74, 6) is -1.13. The lowest BCUT2D eigenvalue weighted by Crippen LogP contribution is -2.28. The molecule has 4 amide bonds. The van der Waals surface area contributed by atoms with Gasteiger partial charge in [-0.3, -0.25) is 19.8 Å². The van der Waals surface area contributed by atoms with Crippen LogP contribution >= 0.6 is 11.6 Å². The Balaban J connectivity index is 1.59. The SMILES string of the molecule is NC(=O)C(CCC(=O)NO)Cc1cc(Oc2ccc(NC(=O)Nc3ccc(Cl)c(C(F)(F)F)c3)cc2)ccn1. The van der Waals surface area contributed by atoms with Gasteiger partial charge in [0.05, 0.1) is 10.6 Å². The molecule has 1 aromatic heterocycles. The first-order valence-corrected chi connectivity index (χ1v) is 11.7. The van der Waals surface area contributed by atoms with E-state index in [1.54, 1.807) is 24.3 Å². The first kappa shape index (κ1) is 29.2. The zero-order chi connectivity index (χ0) is 28.6. The van der Waals surface area contributed by atoms with Gasteiger partial charge in [-0.1, -0.05) is 11.6 Å². The minimum atomic E-state index is -4.67. The molecule has 0 spiro atoms. The van der Waals surface area contributed by atoms with Crippen LogP contribution in [0.5, 0.6) is 11.5 Å². The maximum atomic E-state index is 13.0. The molecule has 3 rings (SSSR count). The number of carbonyl (C=O) groups excluding carboxylic acids is 3. The second kappa shape index (κ2) is 12.9. The average Bonchev–Trinajstić information content (AvgIpc) is 2.88. The number of nitrogens with two attached hydrogens (primary N) is 1. The van der Waals surface area contributed by atoms with Crippen LogP contribution < -0.4 is 26.6 Å². The van der Waals surface area contributed by atoms with Crippen LogP contribution in [0.2, 0.25) is 5.02 Å². The van der Waals surface area contributed by atoms with Gasteiger partial charge in [0.15, 0.2) is 0 Å². The predicted molar refractivity (Wildman–Crippen MR) is 135 cm³/mol. The molecule has 10 nitrogen and oxygen atoms in total. The van der Waals surface area contributed by atoms with Crippen molar-refractivity contribution in [1.29, 1.82) is 0 Å². The lowest BCUT2D eigenvalue weighted by atomic mass is 9.96. The number of primary amides is 1. The van der Waals surface area contributed by atoms with Crippen molar-refractivity contribution in [2.75, 3.05) is 10.6 Å². The number of ether oxygens (including phenoxy) is 1. The number of nitrogens with one attached hydrogen (secondary N) is 3. The smallest absolute Gasteiger partial charge is 0.417 e. The van der Waals surface area contributed by atoms with Gasteiger partial charge in [-0.2, -0.15) is 13.2 Å². The van der Waals surface area contributed by atoms with Crippen LogP contribution in [0.25, 0.3) is 0 Å². The number of halogens is 4. The molecular weight excluding hydrogens is 543 g/mol. The second-order valence-electron chi connectivity index (χ2n) is 8.26. The monoisotopic (exact) mass is 565 g/mol. The van der Waals surface area contributed by atoms with E-state index in [1.165, 1.54) is 29.9 Å². The van der Waals surface area contributed by atoms with Gasteiger partial charge in [0.25, 0.3) is 0 Å². The average molecular weight is 566 g/mol. The largest absolute Gasteiger partial charge is 0.457 e. The van der Waals surface area contributed by atoms with E-state index >= 15 is 0 Å². The van der Waals surface area contributed by atoms with E-state index in [0.717, 1.165) is 12.1 Å². The first-order valence-electron chi connectivity index (χ1n) is 11.3. The molecule has 0 aliphatic rings. The first-order chi connectivity index (χ1) is 18.4. The fourth-order valence-electron chi connectivity index (χ4n) is 3.45. The molecule has 1 unspecified atom stereocenters. The van der Waals surface area contributed by atoms with Gasteiger partial charge in [0, 0.05) is 48.1 Å². The number of nitrogens with zero attached hydrogens (tertiary/aromatic N) is 1. The van der Waals surface area contributed by atoms with Crippen LogP contribution in [0, 0.1) is 5.92 Å². The molecule has 0 bridgehead atoms. The zero-order valence-electron chi connectivity index (χ0n) is 20.1. The summed E-state index contributed by atoms with van der Waals surface area (Å²) in [7, 11) is 0. The predicted octanol–water partition coefficient (Wildman–Crippen LogP) is 5.12. The molecule has 1 heterocycles. The number of rotatable bonds is 10. The Morgan fingerprint density at radius 2 is 1.67 bits per heavy atom. The van der Waals surface area contributed by atoms with Crippen molar-refractivity contribution in [3.8, 4) is 11.5 Å². The molecule has 0 saturated carbocycles. The minimum absolute atomic E-state index is 0.0899. The summed E-state index contributed by atoms with van der Waals surface area (Å²) in [4.78, 5) is 39.4. The number of hydrogen-bond donors (Lipinski definition) is 5. The number of hydroxylamine groups is 1.